The summed E-state index contributed by atoms with van der Waals surface area (Å²) in [4.78, 5) is 0. The summed E-state index contributed by atoms with van der Waals surface area (Å²) in [5, 5.41) is 4.61. The van der Waals surface area contributed by atoms with Crippen molar-refractivity contribution >= 4 is 22.4 Å². The van der Waals surface area contributed by atoms with Crippen molar-refractivity contribution in [2.75, 3.05) is 6.54 Å². The molecule has 4 heteroatoms. The van der Waals surface area contributed by atoms with Gasteiger partial charge in [-0.05, 0) is 55.8 Å². The van der Waals surface area contributed by atoms with Crippen molar-refractivity contribution in [2.24, 2.45) is 5.92 Å². The number of hydrogen-bond acceptors (Lipinski definition) is 2. The molecule has 0 saturated heterocycles. The van der Waals surface area contributed by atoms with Crippen molar-refractivity contribution in [3.63, 3.8) is 0 Å². The Hall–Kier alpha value is -0.380. The molecular weight excluding hydrogens is 302 g/mol. The van der Waals surface area contributed by atoms with Gasteiger partial charge in [-0.15, -0.1) is 0 Å². The van der Waals surface area contributed by atoms with E-state index in [-0.39, 0.29) is 5.25 Å². The Balaban J connectivity index is 2.00. The van der Waals surface area contributed by atoms with Crippen LogP contribution in [0.15, 0.2) is 24.3 Å². The Labute approximate surface area is 136 Å². The Morgan fingerprint density at radius 3 is 2.67 bits per heavy atom. The summed E-state index contributed by atoms with van der Waals surface area (Å²) in [6.07, 6.45) is 4.60. The summed E-state index contributed by atoms with van der Waals surface area (Å²) in [5.41, 5.74) is 1.12. The van der Waals surface area contributed by atoms with E-state index in [9.17, 15) is 4.21 Å². The molecule has 2 nitrogen and oxygen atoms in total. The molecule has 1 aliphatic rings. The molecule has 0 aliphatic heterocycles. The lowest BCUT2D eigenvalue weighted by molar-refractivity contribution is 0.313. The lowest BCUT2D eigenvalue weighted by atomic mass is 9.87. The molecule has 1 aromatic carbocycles. The molecule has 21 heavy (non-hydrogen) atoms. The van der Waals surface area contributed by atoms with E-state index in [1.165, 1.54) is 6.42 Å². The minimum atomic E-state index is -0.824. The van der Waals surface area contributed by atoms with E-state index in [0.29, 0.717) is 17.7 Å². The second-order valence-corrected chi connectivity index (χ2v) is 8.26. The zero-order valence-electron chi connectivity index (χ0n) is 13.0. The summed E-state index contributed by atoms with van der Waals surface area (Å²) in [5.74, 6) is 1.32. The van der Waals surface area contributed by atoms with Crippen molar-refractivity contribution in [3.05, 3.63) is 34.9 Å². The number of hydrogen-bond donors (Lipinski definition) is 1. The Bertz CT molecular complexity index is 460. The maximum absolute atomic E-state index is 12.8. The highest BCUT2D eigenvalue weighted by atomic mass is 35.5. The molecule has 1 N–H and O–H groups in total. The maximum Gasteiger partial charge on any atom is 0.0507 e. The molecule has 0 spiro atoms. The fourth-order valence-electron chi connectivity index (χ4n) is 3.03. The SMILES string of the molecule is CCCNC1CCC(C)CC1S(=O)Cc1ccc(Cl)cc1. The second-order valence-electron chi connectivity index (χ2n) is 6.17. The number of rotatable bonds is 6. The van der Waals surface area contributed by atoms with Gasteiger partial charge in [0.15, 0.2) is 0 Å². The molecule has 0 heterocycles. The predicted octanol–water partition coefficient (Wildman–Crippen LogP) is 4.15. The van der Waals surface area contributed by atoms with E-state index in [1.807, 2.05) is 24.3 Å². The lowest BCUT2D eigenvalue weighted by Crippen LogP contribution is -2.46. The van der Waals surface area contributed by atoms with Crippen LogP contribution in [-0.2, 0) is 16.6 Å². The van der Waals surface area contributed by atoms with Crippen LogP contribution in [-0.4, -0.2) is 22.0 Å². The largest absolute Gasteiger partial charge is 0.313 e. The summed E-state index contributed by atoms with van der Waals surface area (Å²) >= 11 is 5.91. The fourth-order valence-corrected chi connectivity index (χ4v) is 5.04. The van der Waals surface area contributed by atoms with Crippen molar-refractivity contribution in [3.8, 4) is 0 Å². The second kappa shape index (κ2) is 8.30. The van der Waals surface area contributed by atoms with Gasteiger partial charge >= 0.3 is 0 Å². The van der Waals surface area contributed by atoms with Crippen LogP contribution in [0.5, 0.6) is 0 Å². The Morgan fingerprint density at radius 2 is 2.00 bits per heavy atom. The van der Waals surface area contributed by atoms with Crippen LogP contribution in [0.3, 0.4) is 0 Å². The quantitative estimate of drug-likeness (QED) is 0.850. The topological polar surface area (TPSA) is 29.1 Å². The molecule has 0 radical (unpaired) electrons. The van der Waals surface area contributed by atoms with Crippen LogP contribution in [0, 0.1) is 5.92 Å². The molecule has 1 aromatic rings. The molecular formula is C17H26ClNOS. The number of benzene rings is 1. The maximum atomic E-state index is 12.8. The van der Waals surface area contributed by atoms with Crippen LogP contribution in [0.1, 0.15) is 45.1 Å². The first-order valence-electron chi connectivity index (χ1n) is 7.95. The van der Waals surface area contributed by atoms with Crippen molar-refractivity contribution < 1.29 is 4.21 Å². The van der Waals surface area contributed by atoms with Crippen LogP contribution in [0.4, 0.5) is 0 Å². The monoisotopic (exact) mass is 327 g/mol. The van der Waals surface area contributed by atoms with Gasteiger partial charge < -0.3 is 5.32 Å². The minimum absolute atomic E-state index is 0.274. The smallest absolute Gasteiger partial charge is 0.0507 e. The van der Waals surface area contributed by atoms with Crippen LogP contribution < -0.4 is 5.32 Å². The number of nitrogens with one attached hydrogen (secondary N) is 1. The molecule has 0 aromatic heterocycles. The van der Waals surface area contributed by atoms with Gasteiger partial charge in [0, 0.05) is 27.6 Å². The molecule has 1 aliphatic carbocycles. The van der Waals surface area contributed by atoms with Gasteiger partial charge in [-0.25, -0.2) is 0 Å². The summed E-state index contributed by atoms with van der Waals surface area (Å²) in [6.45, 7) is 5.48. The fraction of sp³-hybridized carbons (Fsp3) is 0.647. The highest BCUT2D eigenvalue weighted by Gasteiger charge is 2.32. The lowest BCUT2D eigenvalue weighted by Gasteiger charge is -2.35. The van der Waals surface area contributed by atoms with E-state index in [2.05, 4.69) is 19.2 Å². The standard InChI is InChI=1S/C17H26ClNOS/c1-3-10-19-16-9-4-13(2)11-17(16)21(20)12-14-5-7-15(18)8-6-14/h5-8,13,16-17,19H,3-4,9-12H2,1-2H3. The first kappa shape index (κ1) is 17.0. The predicted molar refractivity (Wildman–Crippen MR) is 92.2 cm³/mol. The van der Waals surface area contributed by atoms with Gasteiger partial charge in [0.2, 0.25) is 0 Å². The van der Waals surface area contributed by atoms with Crippen molar-refractivity contribution in [1.82, 2.24) is 5.32 Å². The molecule has 0 amide bonds. The summed E-state index contributed by atoms with van der Waals surface area (Å²) in [7, 11) is -0.824. The average molecular weight is 328 g/mol. The summed E-state index contributed by atoms with van der Waals surface area (Å²) < 4.78 is 12.8. The van der Waals surface area contributed by atoms with Gasteiger partial charge in [0.25, 0.3) is 0 Å². The average Bonchev–Trinajstić information content (AvgIpc) is 2.48. The highest BCUT2D eigenvalue weighted by Crippen LogP contribution is 2.29. The Kier molecular flexibility index (Phi) is 6.72. The molecule has 0 bridgehead atoms. The van der Waals surface area contributed by atoms with Crippen molar-refractivity contribution in [2.45, 2.75) is 56.6 Å². The zero-order valence-corrected chi connectivity index (χ0v) is 14.6. The zero-order chi connectivity index (χ0) is 15.2. The van der Waals surface area contributed by atoms with Gasteiger partial charge in [0.1, 0.15) is 0 Å². The molecule has 1 fully saturated rings. The molecule has 1 saturated carbocycles. The third-order valence-corrected chi connectivity index (χ3v) is 6.34. The third kappa shape index (κ3) is 5.08. The van der Waals surface area contributed by atoms with E-state index < -0.39 is 10.8 Å². The molecule has 118 valence electrons. The van der Waals surface area contributed by atoms with E-state index >= 15 is 0 Å². The molecule has 4 unspecified atom stereocenters. The van der Waals surface area contributed by atoms with Crippen LogP contribution in [0.2, 0.25) is 5.02 Å². The molecule has 2 rings (SSSR count). The van der Waals surface area contributed by atoms with Crippen LogP contribution in [0.25, 0.3) is 0 Å². The van der Waals surface area contributed by atoms with E-state index in [4.69, 9.17) is 11.6 Å². The van der Waals surface area contributed by atoms with Gasteiger partial charge in [-0.3, -0.25) is 4.21 Å². The van der Waals surface area contributed by atoms with Gasteiger partial charge in [-0.1, -0.05) is 37.6 Å². The van der Waals surface area contributed by atoms with Crippen molar-refractivity contribution in [1.29, 1.82) is 0 Å². The normalized spacial score (nSPS) is 27.5. The van der Waals surface area contributed by atoms with Crippen LogP contribution >= 0.6 is 11.6 Å². The van der Waals surface area contributed by atoms with Gasteiger partial charge in [0.05, 0.1) is 5.25 Å². The van der Waals surface area contributed by atoms with E-state index in [1.54, 1.807) is 0 Å². The van der Waals surface area contributed by atoms with Gasteiger partial charge in [-0.2, -0.15) is 0 Å². The highest BCUT2D eigenvalue weighted by molar-refractivity contribution is 7.84. The summed E-state index contributed by atoms with van der Waals surface area (Å²) in [6, 6.07) is 8.14. The Morgan fingerprint density at radius 1 is 1.29 bits per heavy atom. The van der Waals surface area contributed by atoms with E-state index in [0.717, 1.165) is 36.4 Å². The number of halogens is 1. The third-order valence-electron chi connectivity index (χ3n) is 4.27. The minimum Gasteiger partial charge on any atom is -0.313 e. The first-order valence-corrected chi connectivity index (χ1v) is 9.71. The molecule has 4 atom stereocenters. The first-order chi connectivity index (χ1) is 10.1.